The summed E-state index contributed by atoms with van der Waals surface area (Å²) in [5.74, 6) is 0. The molecule has 0 aliphatic heterocycles. The number of benzene rings is 1. The van der Waals surface area contributed by atoms with E-state index < -0.39 is 8.07 Å². The third kappa shape index (κ3) is 3.30. The van der Waals surface area contributed by atoms with Gasteiger partial charge in [0, 0.05) is 0 Å². The molecule has 0 bridgehead atoms. The van der Waals surface area contributed by atoms with Gasteiger partial charge in [0.15, 0.2) is 0 Å². The Morgan fingerprint density at radius 1 is 1.00 bits per heavy atom. The maximum absolute atomic E-state index is 2.48. The quantitative estimate of drug-likeness (QED) is 0.508. The highest BCUT2D eigenvalue weighted by atomic mass is 28.3. The van der Waals surface area contributed by atoms with Crippen LogP contribution in [0.4, 0.5) is 0 Å². The lowest BCUT2D eigenvalue weighted by Gasteiger charge is -2.22. The van der Waals surface area contributed by atoms with Crippen LogP contribution in [0.15, 0.2) is 30.3 Å². The minimum Gasteiger partial charge on any atom is -0.0654 e. The molecule has 1 aromatic carbocycles. The van der Waals surface area contributed by atoms with Crippen LogP contribution in [0.25, 0.3) is 0 Å². The van der Waals surface area contributed by atoms with Gasteiger partial charge in [0.05, 0.1) is 8.07 Å². The second-order valence-corrected chi connectivity index (χ2v) is 9.55. The van der Waals surface area contributed by atoms with Crippen LogP contribution in [0.2, 0.25) is 19.1 Å². The standard InChI is InChI=1S/C13H22Si/c1-4-5-9-12-14(2,3)13-10-7-6-8-11-13/h6-8,10-11H,4-5,9,12H2,1-3H3. The summed E-state index contributed by atoms with van der Waals surface area (Å²) >= 11 is 0. The van der Waals surface area contributed by atoms with Gasteiger partial charge in [0.25, 0.3) is 0 Å². The number of hydrogen-bond acceptors (Lipinski definition) is 0. The number of unbranched alkanes of at least 4 members (excludes halogenated alkanes) is 2. The summed E-state index contributed by atoms with van der Waals surface area (Å²) in [4.78, 5) is 0. The van der Waals surface area contributed by atoms with Crippen LogP contribution >= 0.6 is 0 Å². The van der Waals surface area contributed by atoms with E-state index in [4.69, 9.17) is 0 Å². The summed E-state index contributed by atoms with van der Waals surface area (Å²) in [6, 6.07) is 12.5. The first-order chi connectivity index (χ1) is 6.67. The Balaban J connectivity index is 2.56. The summed E-state index contributed by atoms with van der Waals surface area (Å²) in [6.07, 6.45) is 4.13. The molecular weight excluding hydrogens is 184 g/mol. The van der Waals surface area contributed by atoms with Crippen molar-refractivity contribution in [1.29, 1.82) is 0 Å². The fourth-order valence-corrected chi connectivity index (χ4v) is 4.37. The van der Waals surface area contributed by atoms with Crippen molar-refractivity contribution < 1.29 is 0 Å². The van der Waals surface area contributed by atoms with E-state index in [1.165, 1.54) is 25.3 Å². The highest BCUT2D eigenvalue weighted by Gasteiger charge is 2.21. The molecule has 0 saturated heterocycles. The molecule has 0 unspecified atom stereocenters. The van der Waals surface area contributed by atoms with Crippen molar-refractivity contribution in [2.24, 2.45) is 0 Å². The Morgan fingerprint density at radius 3 is 2.21 bits per heavy atom. The second-order valence-electron chi connectivity index (χ2n) is 4.71. The molecule has 0 nitrogen and oxygen atoms in total. The Hall–Kier alpha value is -0.563. The van der Waals surface area contributed by atoms with E-state index in [1.54, 1.807) is 5.19 Å². The number of hydrogen-bond donors (Lipinski definition) is 0. The topological polar surface area (TPSA) is 0 Å². The van der Waals surface area contributed by atoms with Crippen molar-refractivity contribution in [2.75, 3.05) is 0 Å². The summed E-state index contributed by atoms with van der Waals surface area (Å²) in [5, 5.41) is 1.61. The molecule has 0 saturated carbocycles. The molecule has 0 fully saturated rings. The van der Waals surface area contributed by atoms with Crippen LogP contribution in [0.5, 0.6) is 0 Å². The first-order valence-corrected chi connectivity index (χ1v) is 8.93. The predicted molar refractivity (Wildman–Crippen MR) is 67.9 cm³/mol. The SMILES string of the molecule is CCCCC[Si](C)(C)c1ccccc1. The molecule has 0 aliphatic rings. The lowest BCUT2D eigenvalue weighted by atomic mass is 10.3. The largest absolute Gasteiger partial charge is 0.0806 e. The van der Waals surface area contributed by atoms with Gasteiger partial charge in [-0.25, -0.2) is 0 Å². The minimum atomic E-state index is -1.12. The van der Waals surface area contributed by atoms with Gasteiger partial charge >= 0.3 is 0 Å². The Kier molecular flexibility index (Phi) is 4.40. The van der Waals surface area contributed by atoms with Crippen LogP contribution in [-0.4, -0.2) is 8.07 Å². The Bertz CT molecular complexity index is 251. The first kappa shape index (κ1) is 11.5. The molecule has 0 amide bonds. The van der Waals surface area contributed by atoms with E-state index in [0.29, 0.717) is 0 Å². The summed E-state index contributed by atoms with van der Waals surface area (Å²) in [5.41, 5.74) is 0. The molecule has 0 aromatic heterocycles. The fourth-order valence-electron chi connectivity index (χ4n) is 1.85. The molecule has 14 heavy (non-hydrogen) atoms. The molecule has 0 N–H and O–H groups in total. The maximum atomic E-state index is 2.48. The van der Waals surface area contributed by atoms with Gasteiger partial charge in [-0.05, 0) is 0 Å². The second kappa shape index (κ2) is 5.35. The van der Waals surface area contributed by atoms with E-state index in [-0.39, 0.29) is 0 Å². The summed E-state index contributed by atoms with van der Waals surface area (Å²) < 4.78 is 0. The molecule has 1 rings (SSSR count). The van der Waals surface area contributed by atoms with E-state index in [9.17, 15) is 0 Å². The van der Waals surface area contributed by atoms with E-state index in [1.807, 2.05) is 0 Å². The smallest absolute Gasteiger partial charge is 0.0654 e. The van der Waals surface area contributed by atoms with Crippen molar-refractivity contribution in [2.45, 2.75) is 45.3 Å². The molecule has 0 atom stereocenters. The molecule has 0 spiro atoms. The molecule has 1 heteroatoms. The van der Waals surface area contributed by atoms with Gasteiger partial charge < -0.3 is 0 Å². The Morgan fingerprint density at radius 2 is 1.64 bits per heavy atom. The predicted octanol–water partition coefficient (Wildman–Crippen LogP) is 3.79. The van der Waals surface area contributed by atoms with Crippen LogP contribution in [0.1, 0.15) is 26.2 Å². The summed E-state index contributed by atoms with van der Waals surface area (Å²) in [6.45, 7) is 7.24. The fraction of sp³-hybridized carbons (Fsp3) is 0.538. The highest BCUT2D eigenvalue weighted by Crippen LogP contribution is 2.14. The van der Waals surface area contributed by atoms with Gasteiger partial charge in [-0.2, -0.15) is 0 Å². The van der Waals surface area contributed by atoms with Crippen molar-refractivity contribution >= 4 is 13.3 Å². The Labute approximate surface area is 89.4 Å². The average Bonchev–Trinajstić information content (AvgIpc) is 2.19. The van der Waals surface area contributed by atoms with E-state index >= 15 is 0 Å². The average molecular weight is 206 g/mol. The number of rotatable bonds is 5. The van der Waals surface area contributed by atoms with Crippen LogP contribution < -0.4 is 5.19 Å². The summed E-state index contributed by atoms with van der Waals surface area (Å²) in [7, 11) is -1.12. The maximum Gasteiger partial charge on any atom is 0.0806 e. The van der Waals surface area contributed by atoms with E-state index in [0.717, 1.165) is 0 Å². The normalized spacial score (nSPS) is 11.6. The van der Waals surface area contributed by atoms with E-state index in [2.05, 4.69) is 50.3 Å². The third-order valence-electron chi connectivity index (χ3n) is 2.96. The molecule has 0 radical (unpaired) electrons. The van der Waals surface area contributed by atoms with Gasteiger partial charge in [-0.15, -0.1) is 0 Å². The zero-order valence-electron chi connectivity index (χ0n) is 9.72. The lowest BCUT2D eigenvalue weighted by Crippen LogP contribution is -2.40. The minimum absolute atomic E-state index is 1.12. The van der Waals surface area contributed by atoms with Crippen molar-refractivity contribution in [1.82, 2.24) is 0 Å². The van der Waals surface area contributed by atoms with Crippen molar-refractivity contribution in [3.8, 4) is 0 Å². The van der Waals surface area contributed by atoms with Gasteiger partial charge in [0.1, 0.15) is 0 Å². The van der Waals surface area contributed by atoms with Crippen molar-refractivity contribution in [3.05, 3.63) is 30.3 Å². The molecule has 0 aliphatic carbocycles. The van der Waals surface area contributed by atoms with Gasteiger partial charge in [-0.1, -0.05) is 80.8 Å². The van der Waals surface area contributed by atoms with Crippen LogP contribution in [0.3, 0.4) is 0 Å². The molecule has 0 heterocycles. The molecule has 78 valence electrons. The van der Waals surface area contributed by atoms with Crippen molar-refractivity contribution in [3.63, 3.8) is 0 Å². The van der Waals surface area contributed by atoms with Gasteiger partial charge in [-0.3, -0.25) is 0 Å². The monoisotopic (exact) mass is 206 g/mol. The zero-order valence-corrected chi connectivity index (χ0v) is 10.7. The van der Waals surface area contributed by atoms with Gasteiger partial charge in [0.2, 0.25) is 0 Å². The molecule has 1 aromatic rings. The first-order valence-electron chi connectivity index (χ1n) is 5.72. The zero-order chi connectivity index (χ0) is 10.4. The molecular formula is C13H22Si. The lowest BCUT2D eigenvalue weighted by molar-refractivity contribution is 0.764. The third-order valence-corrected chi connectivity index (χ3v) is 6.46. The van der Waals surface area contributed by atoms with Crippen LogP contribution in [0, 0.1) is 0 Å². The van der Waals surface area contributed by atoms with Crippen LogP contribution in [-0.2, 0) is 0 Å². The highest BCUT2D eigenvalue weighted by molar-refractivity contribution is 6.89.